The van der Waals surface area contributed by atoms with E-state index in [1.54, 1.807) is 12.1 Å². The van der Waals surface area contributed by atoms with Gasteiger partial charge in [-0.2, -0.15) is 0 Å². The van der Waals surface area contributed by atoms with Gasteiger partial charge in [0.1, 0.15) is 5.75 Å². The van der Waals surface area contributed by atoms with Crippen LogP contribution < -0.4 is 0 Å². The third-order valence-corrected chi connectivity index (χ3v) is 3.79. The number of aromatic hydroxyl groups is 1. The predicted octanol–water partition coefficient (Wildman–Crippen LogP) is 4.02. The zero-order chi connectivity index (χ0) is 15.4. The van der Waals surface area contributed by atoms with Crippen LogP contribution in [0.5, 0.6) is 5.75 Å². The lowest BCUT2D eigenvalue weighted by atomic mass is 9.91. The topological polar surface area (TPSA) is 57.5 Å². The minimum atomic E-state index is -0.918. The number of aliphatic carboxylic acids is 1. The van der Waals surface area contributed by atoms with Gasteiger partial charge in [-0.05, 0) is 47.7 Å². The van der Waals surface area contributed by atoms with Gasteiger partial charge in [0.05, 0.1) is 5.92 Å². The molecule has 110 valence electrons. The van der Waals surface area contributed by atoms with Gasteiger partial charge in [-0.15, -0.1) is 0 Å². The predicted molar refractivity (Wildman–Crippen MR) is 83.0 cm³/mol. The van der Waals surface area contributed by atoms with Gasteiger partial charge in [0.2, 0.25) is 0 Å². The molecule has 0 amide bonds. The lowest BCUT2D eigenvalue weighted by Gasteiger charge is -2.14. The van der Waals surface area contributed by atoms with Gasteiger partial charge in [-0.1, -0.05) is 42.8 Å². The summed E-state index contributed by atoms with van der Waals surface area (Å²) in [6.45, 7) is 2.05. The van der Waals surface area contributed by atoms with Crippen molar-refractivity contribution < 1.29 is 15.0 Å². The van der Waals surface area contributed by atoms with Crippen molar-refractivity contribution in [3.63, 3.8) is 0 Å². The molecule has 0 aromatic heterocycles. The number of phenols is 1. The number of hydrogen-bond acceptors (Lipinski definition) is 2. The highest BCUT2D eigenvalue weighted by atomic mass is 35.5. The normalized spacial score (nSPS) is 12.1. The summed E-state index contributed by atoms with van der Waals surface area (Å²) in [6, 6.07) is 12.2. The smallest absolute Gasteiger partial charge is 0.311 e. The Balaban J connectivity index is 2.30. The molecular formula is C17H17ClO3. The molecule has 21 heavy (non-hydrogen) atoms. The summed E-state index contributed by atoms with van der Waals surface area (Å²) in [6.07, 6.45) is 1.11. The van der Waals surface area contributed by atoms with Crippen LogP contribution in [-0.2, 0) is 17.6 Å². The quantitative estimate of drug-likeness (QED) is 0.877. The monoisotopic (exact) mass is 304 g/mol. The molecule has 0 aliphatic rings. The number of carbonyl (C=O) groups is 1. The van der Waals surface area contributed by atoms with Gasteiger partial charge in [-0.25, -0.2) is 0 Å². The molecule has 0 aliphatic heterocycles. The Hall–Kier alpha value is -2.00. The molecule has 1 atom stereocenters. The first kappa shape index (κ1) is 15.4. The summed E-state index contributed by atoms with van der Waals surface area (Å²) in [4.78, 5) is 11.5. The van der Waals surface area contributed by atoms with Gasteiger partial charge >= 0.3 is 5.97 Å². The van der Waals surface area contributed by atoms with Gasteiger partial charge in [-0.3, -0.25) is 4.79 Å². The fraction of sp³-hybridized carbons (Fsp3) is 0.235. The van der Waals surface area contributed by atoms with Crippen LogP contribution in [0.15, 0.2) is 42.5 Å². The number of aryl methyl sites for hydroxylation is 1. The third-order valence-electron chi connectivity index (χ3n) is 3.55. The molecule has 4 heteroatoms. The summed E-state index contributed by atoms with van der Waals surface area (Å²) in [7, 11) is 0. The Morgan fingerprint density at radius 2 is 1.86 bits per heavy atom. The van der Waals surface area contributed by atoms with E-state index in [-0.39, 0.29) is 12.2 Å². The summed E-state index contributed by atoms with van der Waals surface area (Å²) in [5.74, 6) is -1.56. The number of phenolic OH excluding ortho intramolecular Hbond substituents is 1. The largest absolute Gasteiger partial charge is 0.508 e. The fourth-order valence-corrected chi connectivity index (χ4v) is 2.47. The fourth-order valence-electron chi connectivity index (χ4n) is 2.27. The van der Waals surface area contributed by atoms with Crippen molar-refractivity contribution in [2.75, 3.05) is 0 Å². The standard InChI is InChI=1S/C17H17ClO3/c1-2-11-3-5-12(6-4-11)15(17(20)21)10-13-9-14(18)7-8-16(13)19/h3-9,15,19H,2,10H2,1H3,(H,20,21). The first-order valence-electron chi connectivity index (χ1n) is 6.80. The molecule has 0 fully saturated rings. The van der Waals surface area contributed by atoms with Crippen LogP contribution >= 0.6 is 11.6 Å². The van der Waals surface area contributed by atoms with E-state index in [1.807, 2.05) is 31.2 Å². The highest BCUT2D eigenvalue weighted by Gasteiger charge is 2.21. The molecule has 3 nitrogen and oxygen atoms in total. The Bertz CT molecular complexity index is 635. The summed E-state index contributed by atoms with van der Waals surface area (Å²) < 4.78 is 0. The Labute approximate surface area is 128 Å². The molecule has 0 saturated carbocycles. The first-order valence-corrected chi connectivity index (χ1v) is 7.18. The maximum absolute atomic E-state index is 11.5. The minimum absolute atomic E-state index is 0.0656. The maximum Gasteiger partial charge on any atom is 0.311 e. The van der Waals surface area contributed by atoms with E-state index in [4.69, 9.17) is 11.6 Å². The van der Waals surface area contributed by atoms with Crippen LogP contribution in [-0.4, -0.2) is 16.2 Å². The number of halogens is 1. The summed E-state index contributed by atoms with van der Waals surface area (Å²) in [5.41, 5.74) is 2.42. The summed E-state index contributed by atoms with van der Waals surface area (Å²) in [5, 5.41) is 19.8. The number of carboxylic acids is 1. The van der Waals surface area contributed by atoms with Gasteiger partial charge in [0.25, 0.3) is 0 Å². The second-order valence-electron chi connectivity index (χ2n) is 4.96. The van der Waals surface area contributed by atoms with Gasteiger partial charge in [0.15, 0.2) is 0 Å². The van der Waals surface area contributed by atoms with Crippen molar-refractivity contribution in [1.82, 2.24) is 0 Å². The highest BCUT2D eigenvalue weighted by Crippen LogP contribution is 2.28. The lowest BCUT2D eigenvalue weighted by molar-refractivity contribution is -0.138. The van der Waals surface area contributed by atoms with E-state index in [0.717, 1.165) is 17.5 Å². The second kappa shape index (κ2) is 6.64. The molecule has 0 saturated heterocycles. The van der Waals surface area contributed by atoms with Gasteiger partial charge in [0, 0.05) is 5.02 Å². The molecule has 0 spiro atoms. The second-order valence-corrected chi connectivity index (χ2v) is 5.40. The molecule has 2 N–H and O–H groups in total. The molecule has 1 unspecified atom stereocenters. The van der Waals surface area contributed by atoms with Crippen molar-refractivity contribution in [1.29, 1.82) is 0 Å². The zero-order valence-corrected chi connectivity index (χ0v) is 12.5. The van der Waals surface area contributed by atoms with Crippen LogP contribution in [0.1, 0.15) is 29.5 Å². The number of benzene rings is 2. The summed E-state index contributed by atoms with van der Waals surface area (Å²) >= 11 is 5.91. The van der Waals surface area contributed by atoms with Crippen molar-refractivity contribution in [2.45, 2.75) is 25.7 Å². The van der Waals surface area contributed by atoms with Crippen molar-refractivity contribution in [2.24, 2.45) is 0 Å². The minimum Gasteiger partial charge on any atom is -0.508 e. The molecule has 0 radical (unpaired) electrons. The molecule has 0 aliphatic carbocycles. The third kappa shape index (κ3) is 3.76. The van der Waals surface area contributed by atoms with E-state index in [0.29, 0.717) is 10.6 Å². The van der Waals surface area contributed by atoms with Gasteiger partial charge < -0.3 is 10.2 Å². The zero-order valence-electron chi connectivity index (χ0n) is 11.7. The van der Waals surface area contributed by atoms with E-state index in [9.17, 15) is 15.0 Å². The molecule has 0 bridgehead atoms. The number of hydrogen-bond donors (Lipinski definition) is 2. The highest BCUT2D eigenvalue weighted by molar-refractivity contribution is 6.30. The first-order chi connectivity index (χ1) is 10.0. The average molecular weight is 305 g/mol. The molecule has 2 aromatic carbocycles. The van der Waals surface area contributed by atoms with Crippen molar-refractivity contribution in [3.05, 3.63) is 64.2 Å². The SMILES string of the molecule is CCc1ccc(C(Cc2cc(Cl)ccc2O)C(=O)O)cc1. The van der Waals surface area contributed by atoms with Crippen LogP contribution in [0, 0.1) is 0 Å². The molecule has 2 aromatic rings. The van der Waals surface area contributed by atoms with Crippen LogP contribution in [0.2, 0.25) is 5.02 Å². The van der Waals surface area contributed by atoms with E-state index in [2.05, 4.69) is 0 Å². The van der Waals surface area contributed by atoms with Crippen molar-refractivity contribution in [3.8, 4) is 5.75 Å². The molecule has 2 rings (SSSR count). The molecule has 0 heterocycles. The molecular weight excluding hydrogens is 288 g/mol. The van der Waals surface area contributed by atoms with E-state index >= 15 is 0 Å². The van der Waals surface area contributed by atoms with Crippen LogP contribution in [0.25, 0.3) is 0 Å². The van der Waals surface area contributed by atoms with E-state index < -0.39 is 11.9 Å². The van der Waals surface area contributed by atoms with Crippen molar-refractivity contribution >= 4 is 17.6 Å². The number of rotatable bonds is 5. The van der Waals surface area contributed by atoms with Crippen LogP contribution in [0.3, 0.4) is 0 Å². The Morgan fingerprint density at radius 3 is 2.43 bits per heavy atom. The Morgan fingerprint density at radius 1 is 1.19 bits per heavy atom. The maximum atomic E-state index is 11.5. The number of carboxylic acid groups (broad SMARTS) is 1. The average Bonchev–Trinajstić information content (AvgIpc) is 2.48. The lowest BCUT2D eigenvalue weighted by Crippen LogP contribution is -2.14. The Kier molecular flexibility index (Phi) is 4.86. The van der Waals surface area contributed by atoms with Crippen LogP contribution in [0.4, 0.5) is 0 Å². The van der Waals surface area contributed by atoms with E-state index in [1.165, 1.54) is 6.07 Å².